The lowest BCUT2D eigenvalue weighted by Crippen LogP contribution is -2.24. The van der Waals surface area contributed by atoms with Crippen LogP contribution in [0.15, 0.2) is 18.2 Å². The molecule has 0 aromatic heterocycles. The molecule has 0 spiro atoms. The van der Waals surface area contributed by atoms with E-state index in [0.717, 1.165) is 30.5 Å². The number of hydrogen-bond donors (Lipinski definition) is 1. The molecule has 0 radical (unpaired) electrons. The minimum atomic E-state index is 0.312. The molecule has 1 fully saturated rings. The van der Waals surface area contributed by atoms with Crippen LogP contribution in [0.4, 0.5) is 5.69 Å². The molecule has 0 bridgehead atoms. The van der Waals surface area contributed by atoms with E-state index in [-0.39, 0.29) is 0 Å². The Kier molecular flexibility index (Phi) is 6.38. The Morgan fingerprint density at radius 1 is 1.33 bits per heavy atom. The van der Waals surface area contributed by atoms with Crippen molar-refractivity contribution >= 4 is 17.3 Å². The molecule has 1 atom stereocenters. The molecule has 2 nitrogen and oxygen atoms in total. The number of hydrogen-bond acceptors (Lipinski definition) is 2. The summed E-state index contributed by atoms with van der Waals surface area (Å²) in [5, 5.41) is 4.38. The molecule has 0 heterocycles. The van der Waals surface area contributed by atoms with Gasteiger partial charge in [-0.05, 0) is 56.3 Å². The summed E-state index contributed by atoms with van der Waals surface area (Å²) in [5.74, 6) is 0.860. The molecule has 1 aliphatic rings. The molecule has 1 unspecified atom stereocenters. The fourth-order valence-corrected chi connectivity index (χ4v) is 3.60. The highest BCUT2D eigenvalue weighted by Crippen LogP contribution is 2.30. The van der Waals surface area contributed by atoms with Crippen LogP contribution >= 0.6 is 11.6 Å². The van der Waals surface area contributed by atoms with Crippen molar-refractivity contribution in [3.63, 3.8) is 0 Å². The summed E-state index contributed by atoms with van der Waals surface area (Å²) in [4.78, 5) is 2.36. The minimum absolute atomic E-state index is 0.312. The van der Waals surface area contributed by atoms with Gasteiger partial charge >= 0.3 is 0 Å². The van der Waals surface area contributed by atoms with Gasteiger partial charge < -0.3 is 10.2 Å². The highest BCUT2D eigenvalue weighted by atomic mass is 35.5. The molecule has 1 aromatic rings. The van der Waals surface area contributed by atoms with Gasteiger partial charge in [-0.2, -0.15) is 0 Å². The van der Waals surface area contributed by atoms with Crippen LogP contribution in [-0.4, -0.2) is 20.1 Å². The summed E-state index contributed by atoms with van der Waals surface area (Å²) >= 11 is 6.50. The molecule has 1 N–H and O–H groups in total. The maximum Gasteiger partial charge on any atom is 0.0474 e. The van der Waals surface area contributed by atoms with Gasteiger partial charge in [0.05, 0.1) is 0 Å². The van der Waals surface area contributed by atoms with Crippen LogP contribution < -0.4 is 10.2 Å². The average molecular weight is 309 g/mol. The summed E-state index contributed by atoms with van der Waals surface area (Å²) < 4.78 is 0. The van der Waals surface area contributed by atoms with Gasteiger partial charge in [-0.25, -0.2) is 0 Å². The molecule has 118 valence electrons. The second kappa shape index (κ2) is 8.05. The van der Waals surface area contributed by atoms with Gasteiger partial charge in [0, 0.05) is 30.3 Å². The number of nitrogens with one attached hydrogen (secondary N) is 1. The normalized spacial score (nSPS) is 17.1. The van der Waals surface area contributed by atoms with Crippen LogP contribution in [0.3, 0.4) is 0 Å². The zero-order chi connectivity index (χ0) is 15.2. The Bertz CT molecular complexity index is 441. The summed E-state index contributed by atoms with van der Waals surface area (Å²) in [6, 6.07) is 6.82. The van der Waals surface area contributed by atoms with E-state index in [1.807, 2.05) is 0 Å². The fourth-order valence-electron chi connectivity index (χ4n) is 3.26. The SMILES string of the molecule is CCCNC(C)c1ccc(N(C)CC2CCCC2)cc1Cl. The van der Waals surface area contributed by atoms with Crippen LogP contribution in [0.25, 0.3) is 0 Å². The van der Waals surface area contributed by atoms with Crippen LogP contribution in [0, 0.1) is 5.92 Å². The van der Waals surface area contributed by atoms with Crippen molar-refractivity contribution in [3.8, 4) is 0 Å². The summed E-state index contributed by atoms with van der Waals surface area (Å²) in [5.41, 5.74) is 2.43. The summed E-state index contributed by atoms with van der Waals surface area (Å²) in [6.07, 6.45) is 6.71. The van der Waals surface area contributed by atoms with Crippen LogP contribution in [0.1, 0.15) is 57.6 Å². The maximum absolute atomic E-state index is 6.50. The first-order chi connectivity index (χ1) is 10.1. The first-order valence-corrected chi connectivity index (χ1v) is 8.73. The van der Waals surface area contributed by atoms with E-state index >= 15 is 0 Å². The van der Waals surface area contributed by atoms with Crippen molar-refractivity contribution in [2.24, 2.45) is 5.92 Å². The Hall–Kier alpha value is -0.730. The van der Waals surface area contributed by atoms with Crippen molar-refractivity contribution in [1.82, 2.24) is 5.32 Å². The van der Waals surface area contributed by atoms with E-state index in [2.05, 4.69) is 49.3 Å². The fraction of sp³-hybridized carbons (Fsp3) is 0.667. The highest BCUT2D eigenvalue weighted by Gasteiger charge is 2.18. The summed E-state index contributed by atoms with van der Waals surface area (Å²) in [6.45, 7) is 6.54. The number of rotatable bonds is 7. The van der Waals surface area contributed by atoms with Crippen molar-refractivity contribution in [1.29, 1.82) is 0 Å². The number of halogens is 1. The second-order valence-corrected chi connectivity index (χ2v) is 6.82. The van der Waals surface area contributed by atoms with E-state index in [4.69, 9.17) is 11.6 Å². The predicted octanol–water partition coefficient (Wildman–Crippen LogP) is 5.03. The first kappa shape index (κ1) is 16.6. The van der Waals surface area contributed by atoms with Gasteiger partial charge in [0.15, 0.2) is 0 Å². The largest absolute Gasteiger partial charge is 0.374 e. The lowest BCUT2D eigenvalue weighted by Gasteiger charge is -2.24. The molecule has 1 saturated carbocycles. The number of anilines is 1. The van der Waals surface area contributed by atoms with Crippen molar-refractivity contribution in [2.75, 3.05) is 25.0 Å². The monoisotopic (exact) mass is 308 g/mol. The molecule has 0 saturated heterocycles. The molecular formula is C18H29ClN2. The third-order valence-corrected chi connectivity index (χ3v) is 4.93. The molecule has 3 heteroatoms. The maximum atomic E-state index is 6.50. The van der Waals surface area contributed by atoms with Crippen LogP contribution in [0.5, 0.6) is 0 Å². The van der Waals surface area contributed by atoms with Crippen molar-refractivity contribution in [3.05, 3.63) is 28.8 Å². The third-order valence-electron chi connectivity index (χ3n) is 4.60. The van der Waals surface area contributed by atoms with Gasteiger partial charge in [0.2, 0.25) is 0 Å². The van der Waals surface area contributed by atoms with Crippen molar-refractivity contribution < 1.29 is 0 Å². The van der Waals surface area contributed by atoms with E-state index in [1.165, 1.54) is 36.9 Å². The molecule has 21 heavy (non-hydrogen) atoms. The third kappa shape index (κ3) is 4.62. The van der Waals surface area contributed by atoms with Gasteiger partial charge in [0.1, 0.15) is 0 Å². The van der Waals surface area contributed by atoms with Gasteiger partial charge in [-0.3, -0.25) is 0 Å². The topological polar surface area (TPSA) is 15.3 Å². The Balaban J connectivity index is 2.00. The average Bonchev–Trinajstić information content (AvgIpc) is 2.97. The van der Waals surface area contributed by atoms with E-state index in [1.54, 1.807) is 0 Å². The second-order valence-electron chi connectivity index (χ2n) is 6.41. The van der Waals surface area contributed by atoms with E-state index < -0.39 is 0 Å². The molecule has 2 rings (SSSR count). The zero-order valence-electron chi connectivity index (χ0n) is 13.7. The lowest BCUT2D eigenvalue weighted by atomic mass is 10.1. The number of nitrogens with zero attached hydrogens (tertiary/aromatic N) is 1. The molecule has 1 aromatic carbocycles. The number of benzene rings is 1. The summed E-state index contributed by atoms with van der Waals surface area (Å²) in [7, 11) is 2.18. The standard InChI is InChI=1S/C18H29ClN2/c1-4-11-20-14(2)17-10-9-16(12-18(17)19)21(3)13-15-7-5-6-8-15/h9-10,12,14-15,20H,4-8,11,13H2,1-3H3. The van der Waals surface area contributed by atoms with Gasteiger partial charge in [0.25, 0.3) is 0 Å². The Labute approximate surface area is 134 Å². The zero-order valence-corrected chi connectivity index (χ0v) is 14.4. The highest BCUT2D eigenvalue weighted by molar-refractivity contribution is 6.31. The van der Waals surface area contributed by atoms with Gasteiger partial charge in [-0.15, -0.1) is 0 Å². The van der Waals surface area contributed by atoms with Crippen molar-refractivity contribution in [2.45, 2.75) is 52.0 Å². The quantitative estimate of drug-likeness (QED) is 0.760. The van der Waals surface area contributed by atoms with Gasteiger partial charge in [-0.1, -0.05) is 37.4 Å². The van der Waals surface area contributed by atoms with E-state index in [0.29, 0.717) is 6.04 Å². The Morgan fingerprint density at radius 2 is 2.05 bits per heavy atom. The molecule has 0 amide bonds. The molecular weight excluding hydrogens is 280 g/mol. The van der Waals surface area contributed by atoms with Crippen LogP contribution in [0.2, 0.25) is 5.02 Å². The first-order valence-electron chi connectivity index (χ1n) is 8.35. The van der Waals surface area contributed by atoms with E-state index in [9.17, 15) is 0 Å². The molecule has 1 aliphatic carbocycles. The Morgan fingerprint density at radius 3 is 2.67 bits per heavy atom. The van der Waals surface area contributed by atoms with Crippen LogP contribution in [-0.2, 0) is 0 Å². The smallest absolute Gasteiger partial charge is 0.0474 e. The predicted molar refractivity (Wildman–Crippen MR) is 93.4 cm³/mol. The lowest BCUT2D eigenvalue weighted by molar-refractivity contribution is 0.547. The minimum Gasteiger partial charge on any atom is -0.374 e. The molecule has 0 aliphatic heterocycles.